The van der Waals surface area contributed by atoms with Gasteiger partial charge in [-0.25, -0.2) is 0 Å². The van der Waals surface area contributed by atoms with Crippen LogP contribution in [-0.2, 0) is 6.54 Å². The van der Waals surface area contributed by atoms with E-state index in [0.29, 0.717) is 23.0 Å². The standard InChI is InChI=1S/C22H23ClN4/c1-17-5-2-3-6-19(17)15-27(20-8-7-18(14-25)22(23)13-20)21-9-12-26(16-21)11-4-10-24/h2-3,5-8,13,21H,4,9,11-12,15-16H2,1H3/t21-/m0/s1. The molecule has 2 aromatic rings. The summed E-state index contributed by atoms with van der Waals surface area (Å²) >= 11 is 6.32. The van der Waals surface area contributed by atoms with Crippen LogP contribution in [0.4, 0.5) is 5.69 Å². The fourth-order valence-corrected chi connectivity index (χ4v) is 3.87. The van der Waals surface area contributed by atoms with Crippen LogP contribution in [0.3, 0.4) is 0 Å². The maximum absolute atomic E-state index is 9.17. The van der Waals surface area contributed by atoms with E-state index in [4.69, 9.17) is 22.1 Å². The molecule has 0 N–H and O–H groups in total. The normalized spacial score (nSPS) is 16.7. The zero-order chi connectivity index (χ0) is 19.2. The lowest BCUT2D eigenvalue weighted by Crippen LogP contribution is -2.37. The molecule has 0 unspecified atom stereocenters. The molecule has 0 radical (unpaired) electrons. The average Bonchev–Trinajstić information content (AvgIpc) is 3.14. The Hall–Kier alpha value is -2.53. The van der Waals surface area contributed by atoms with E-state index in [1.54, 1.807) is 6.07 Å². The van der Waals surface area contributed by atoms with Crippen LogP contribution in [0.2, 0.25) is 5.02 Å². The Morgan fingerprint density at radius 3 is 2.74 bits per heavy atom. The largest absolute Gasteiger partial charge is 0.363 e. The van der Waals surface area contributed by atoms with E-state index < -0.39 is 0 Å². The second-order valence-electron chi connectivity index (χ2n) is 6.98. The van der Waals surface area contributed by atoms with Crippen molar-refractivity contribution in [2.45, 2.75) is 32.4 Å². The minimum Gasteiger partial charge on any atom is -0.363 e. The lowest BCUT2D eigenvalue weighted by Gasteiger charge is -2.32. The van der Waals surface area contributed by atoms with Gasteiger partial charge in [0.25, 0.3) is 0 Å². The van der Waals surface area contributed by atoms with Crippen LogP contribution in [0.25, 0.3) is 0 Å². The Balaban J connectivity index is 1.88. The summed E-state index contributed by atoms with van der Waals surface area (Å²) in [5.41, 5.74) is 4.09. The number of anilines is 1. The fraction of sp³-hybridized carbons (Fsp3) is 0.364. The molecule has 4 nitrogen and oxygen atoms in total. The topological polar surface area (TPSA) is 54.1 Å². The van der Waals surface area contributed by atoms with Crippen molar-refractivity contribution < 1.29 is 0 Å². The summed E-state index contributed by atoms with van der Waals surface area (Å²) in [5.74, 6) is 0. The molecule has 27 heavy (non-hydrogen) atoms. The zero-order valence-electron chi connectivity index (χ0n) is 15.5. The number of halogens is 1. The van der Waals surface area contributed by atoms with Crippen LogP contribution < -0.4 is 4.90 Å². The van der Waals surface area contributed by atoms with Crippen LogP contribution >= 0.6 is 11.6 Å². The molecule has 0 aromatic heterocycles. The molecule has 5 heteroatoms. The molecule has 3 rings (SSSR count). The first kappa shape index (κ1) is 19.2. The molecule has 1 saturated heterocycles. The fourth-order valence-electron chi connectivity index (χ4n) is 3.65. The maximum Gasteiger partial charge on any atom is 0.101 e. The van der Waals surface area contributed by atoms with Gasteiger partial charge in [-0.2, -0.15) is 10.5 Å². The predicted octanol–water partition coefficient (Wildman–Crippen LogP) is 4.51. The Bertz CT molecular complexity index is 881. The van der Waals surface area contributed by atoms with Crippen LogP contribution in [0.5, 0.6) is 0 Å². The van der Waals surface area contributed by atoms with E-state index in [-0.39, 0.29) is 0 Å². The summed E-state index contributed by atoms with van der Waals surface area (Å²) in [6.45, 7) is 5.68. The highest BCUT2D eigenvalue weighted by Gasteiger charge is 2.28. The van der Waals surface area contributed by atoms with Crippen molar-refractivity contribution in [2.75, 3.05) is 24.5 Å². The molecule has 0 aliphatic carbocycles. The maximum atomic E-state index is 9.17. The van der Waals surface area contributed by atoms with E-state index in [0.717, 1.165) is 38.3 Å². The lowest BCUT2D eigenvalue weighted by molar-refractivity contribution is 0.340. The van der Waals surface area contributed by atoms with Gasteiger partial charge in [-0.15, -0.1) is 0 Å². The molecule has 1 atom stereocenters. The molecular formula is C22H23ClN4. The number of nitriles is 2. The number of aryl methyl sites for hydroxylation is 1. The van der Waals surface area contributed by atoms with Crippen molar-refractivity contribution in [2.24, 2.45) is 0 Å². The monoisotopic (exact) mass is 378 g/mol. The molecule has 2 aromatic carbocycles. The van der Waals surface area contributed by atoms with Gasteiger partial charge < -0.3 is 9.80 Å². The quantitative estimate of drug-likeness (QED) is 0.741. The van der Waals surface area contributed by atoms with Crippen LogP contribution in [0.1, 0.15) is 29.5 Å². The van der Waals surface area contributed by atoms with Crippen molar-refractivity contribution in [3.8, 4) is 12.1 Å². The minimum atomic E-state index is 0.354. The molecule has 0 bridgehead atoms. The summed E-state index contributed by atoms with van der Waals surface area (Å²) in [6, 6.07) is 18.8. The van der Waals surface area contributed by atoms with E-state index in [2.05, 4.69) is 53.1 Å². The zero-order valence-corrected chi connectivity index (χ0v) is 16.3. The minimum absolute atomic E-state index is 0.354. The highest BCUT2D eigenvalue weighted by atomic mass is 35.5. The first-order valence-corrected chi connectivity index (χ1v) is 9.60. The molecular weight excluding hydrogens is 356 g/mol. The SMILES string of the molecule is Cc1ccccc1CN(c1ccc(C#N)c(Cl)c1)[C@H]1CCN(CCC#N)C1. The van der Waals surface area contributed by atoms with Crippen LogP contribution in [0.15, 0.2) is 42.5 Å². The van der Waals surface area contributed by atoms with Gasteiger partial charge in [0.2, 0.25) is 0 Å². The number of likely N-dealkylation sites (tertiary alicyclic amines) is 1. The van der Waals surface area contributed by atoms with Gasteiger partial charge in [-0.1, -0.05) is 35.9 Å². The van der Waals surface area contributed by atoms with E-state index in [9.17, 15) is 0 Å². The average molecular weight is 379 g/mol. The first-order chi connectivity index (χ1) is 13.1. The molecule has 138 valence electrons. The summed E-state index contributed by atoms with van der Waals surface area (Å²) in [6.07, 6.45) is 1.61. The molecule has 1 aliphatic heterocycles. The smallest absolute Gasteiger partial charge is 0.101 e. The Morgan fingerprint density at radius 1 is 1.22 bits per heavy atom. The Morgan fingerprint density at radius 2 is 2.04 bits per heavy atom. The van der Waals surface area contributed by atoms with Gasteiger partial charge in [-0.3, -0.25) is 0 Å². The molecule has 1 fully saturated rings. The molecule has 0 spiro atoms. The molecule has 0 saturated carbocycles. The highest BCUT2D eigenvalue weighted by Crippen LogP contribution is 2.29. The summed E-state index contributed by atoms with van der Waals surface area (Å²) in [5, 5.41) is 18.5. The van der Waals surface area contributed by atoms with Gasteiger partial charge >= 0.3 is 0 Å². The first-order valence-electron chi connectivity index (χ1n) is 9.22. The van der Waals surface area contributed by atoms with Crippen molar-refractivity contribution >= 4 is 17.3 Å². The van der Waals surface area contributed by atoms with Crippen LogP contribution in [0, 0.1) is 29.6 Å². The van der Waals surface area contributed by atoms with Crippen molar-refractivity contribution in [3.63, 3.8) is 0 Å². The number of hydrogen-bond donors (Lipinski definition) is 0. The second kappa shape index (κ2) is 8.91. The Kier molecular flexibility index (Phi) is 6.35. The van der Waals surface area contributed by atoms with Gasteiger partial charge in [0.05, 0.1) is 16.7 Å². The van der Waals surface area contributed by atoms with Gasteiger partial charge in [0, 0.05) is 44.3 Å². The predicted molar refractivity (Wildman–Crippen MR) is 109 cm³/mol. The third-order valence-electron chi connectivity index (χ3n) is 5.23. The number of hydrogen-bond acceptors (Lipinski definition) is 4. The third-order valence-corrected chi connectivity index (χ3v) is 5.55. The van der Waals surface area contributed by atoms with Crippen molar-refractivity contribution in [1.29, 1.82) is 10.5 Å². The molecule has 1 aliphatic rings. The Labute approximate surface area is 166 Å². The summed E-state index contributed by atoms with van der Waals surface area (Å²) in [4.78, 5) is 4.74. The second-order valence-corrected chi connectivity index (χ2v) is 7.39. The highest BCUT2D eigenvalue weighted by molar-refractivity contribution is 6.32. The van der Waals surface area contributed by atoms with Crippen LogP contribution in [-0.4, -0.2) is 30.6 Å². The number of benzene rings is 2. The summed E-state index contributed by atoms with van der Waals surface area (Å²) < 4.78 is 0. The van der Waals surface area contributed by atoms with E-state index in [1.165, 1.54) is 11.1 Å². The van der Waals surface area contributed by atoms with E-state index in [1.807, 2.05) is 12.1 Å². The molecule has 1 heterocycles. The van der Waals surface area contributed by atoms with E-state index >= 15 is 0 Å². The van der Waals surface area contributed by atoms with Crippen molar-refractivity contribution in [3.05, 3.63) is 64.2 Å². The van der Waals surface area contributed by atoms with Crippen molar-refractivity contribution in [1.82, 2.24) is 4.90 Å². The number of nitrogens with zero attached hydrogens (tertiary/aromatic N) is 4. The molecule has 0 amide bonds. The van der Waals surface area contributed by atoms with Gasteiger partial charge in [0.15, 0.2) is 0 Å². The number of rotatable bonds is 6. The summed E-state index contributed by atoms with van der Waals surface area (Å²) in [7, 11) is 0. The third kappa shape index (κ3) is 4.61. The lowest BCUT2D eigenvalue weighted by atomic mass is 10.1. The van der Waals surface area contributed by atoms with Gasteiger partial charge in [0.1, 0.15) is 6.07 Å². The van der Waals surface area contributed by atoms with Gasteiger partial charge in [-0.05, 0) is 42.7 Å².